The third kappa shape index (κ3) is 5.06. The quantitative estimate of drug-likeness (QED) is 0.292. The Balaban J connectivity index is 1.39. The van der Waals surface area contributed by atoms with Crippen LogP contribution in [-0.2, 0) is 35.2 Å². The van der Waals surface area contributed by atoms with Crippen molar-refractivity contribution in [3.8, 4) is 0 Å². The Morgan fingerprint density at radius 2 is 1.62 bits per heavy atom. The summed E-state index contributed by atoms with van der Waals surface area (Å²) < 4.78 is 27.0. The largest absolute Gasteiger partial charge is 0.519 e. The maximum atomic E-state index is 14.8. The molecular weight excluding hydrogens is 644 g/mol. The van der Waals surface area contributed by atoms with Gasteiger partial charge in [0.1, 0.15) is 11.5 Å². The Labute approximate surface area is 293 Å². The van der Waals surface area contributed by atoms with Crippen molar-refractivity contribution in [2.75, 3.05) is 7.11 Å². The molecular formula is C39H54O11. The van der Waals surface area contributed by atoms with Gasteiger partial charge in [0, 0.05) is 11.8 Å². The summed E-state index contributed by atoms with van der Waals surface area (Å²) in [4.78, 5) is 66.2. The van der Waals surface area contributed by atoms with Crippen LogP contribution in [0.15, 0.2) is 25.3 Å². The highest BCUT2D eigenvalue weighted by Crippen LogP contribution is 2.75. The van der Waals surface area contributed by atoms with Crippen molar-refractivity contribution in [3.63, 3.8) is 0 Å². The summed E-state index contributed by atoms with van der Waals surface area (Å²) in [5.41, 5.74) is -2.62. The molecule has 0 aromatic carbocycles. The molecule has 1 aromatic rings. The molecule has 0 spiro atoms. The van der Waals surface area contributed by atoms with Crippen LogP contribution in [0.3, 0.4) is 0 Å². The average molecular weight is 699 g/mol. The zero-order valence-electron chi connectivity index (χ0n) is 31.1. The summed E-state index contributed by atoms with van der Waals surface area (Å²) in [5, 5.41) is 10.2. The second kappa shape index (κ2) is 11.8. The van der Waals surface area contributed by atoms with Crippen LogP contribution < -0.4 is 5.82 Å². The predicted octanol–water partition coefficient (Wildman–Crippen LogP) is 7.60. The highest BCUT2D eigenvalue weighted by Gasteiger charge is 2.72. The van der Waals surface area contributed by atoms with Gasteiger partial charge in [0.25, 0.3) is 0 Å². The maximum Gasteiger partial charge on any atom is 0.519 e. The monoisotopic (exact) mass is 698 g/mol. The fraction of sp³-hybridized carbons (Fsp3) is 0.769. The number of ether oxygens (including phenoxy) is 3. The molecule has 50 heavy (non-hydrogen) atoms. The van der Waals surface area contributed by atoms with Crippen molar-refractivity contribution in [3.05, 3.63) is 33.8 Å². The molecule has 0 bridgehead atoms. The van der Waals surface area contributed by atoms with Crippen LogP contribution in [0, 0.1) is 50.2 Å². The lowest BCUT2D eigenvalue weighted by atomic mass is 9.33. The molecule has 0 aliphatic heterocycles. The molecule has 0 unspecified atom stereocenters. The molecule has 1 N–H and O–H groups in total. The zero-order valence-corrected chi connectivity index (χ0v) is 31.1. The maximum absolute atomic E-state index is 14.8. The average Bonchev–Trinajstić information content (AvgIpc) is 3.43. The Morgan fingerprint density at radius 1 is 0.940 bits per heavy atom. The van der Waals surface area contributed by atoms with Crippen LogP contribution in [0.25, 0.3) is 0 Å². The number of carboxylic acid groups (broad SMARTS) is 1. The lowest BCUT2D eigenvalue weighted by Crippen LogP contribution is -2.68. The highest BCUT2D eigenvalue weighted by molar-refractivity contribution is 5.96. The second-order valence-electron chi connectivity index (χ2n) is 17.9. The van der Waals surface area contributed by atoms with E-state index in [1.807, 2.05) is 26.8 Å². The van der Waals surface area contributed by atoms with Crippen LogP contribution in [0.1, 0.15) is 131 Å². The SMILES string of the molecule is COC(=O)O[C@H]1CC[C@@]2(C)[C@@H](CC[C@]3(C)[C@@H]2C(=O)C=C2[C@@H]4C[C@@](C)(C(=O)O)CC[C@]4(C)CC[C@]23C)[C@]1(C)C(=O)OCc1oc(=O)oc1C(C)C. The zero-order chi connectivity index (χ0) is 36.8. The Kier molecular flexibility index (Phi) is 8.62. The van der Waals surface area contributed by atoms with Gasteiger partial charge in [-0.2, -0.15) is 0 Å². The minimum absolute atomic E-state index is 0.00788. The summed E-state index contributed by atoms with van der Waals surface area (Å²) >= 11 is 0. The number of carboxylic acids is 1. The molecule has 11 nitrogen and oxygen atoms in total. The fourth-order valence-corrected chi connectivity index (χ4v) is 11.8. The smallest absolute Gasteiger partial charge is 0.481 e. The molecule has 0 radical (unpaired) electrons. The number of fused-ring (bicyclic) bond motifs is 7. The minimum atomic E-state index is -1.35. The van der Waals surface area contributed by atoms with Gasteiger partial charge in [-0.1, -0.05) is 47.1 Å². The van der Waals surface area contributed by atoms with Gasteiger partial charge in [0.05, 0.1) is 12.5 Å². The van der Waals surface area contributed by atoms with Crippen molar-refractivity contribution < 1.29 is 47.3 Å². The number of hydrogen-bond acceptors (Lipinski definition) is 10. The molecule has 0 amide bonds. The lowest BCUT2D eigenvalue weighted by Gasteiger charge is -2.70. The molecule has 1 aromatic heterocycles. The number of carbonyl (C=O) groups excluding carboxylic acids is 3. The van der Waals surface area contributed by atoms with Crippen molar-refractivity contribution in [1.82, 2.24) is 0 Å². The van der Waals surface area contributed by atoms with Crippen LogP contribution in [-0.4, -0.2) is 42.2 Å². The number of carbonyl (C=O) groups is 4. The molecule has 5 aliphatic rings. The molecule has 6 rings (SSSR count). The number of rotatable bonds is 6. The van der Waals surface area contributed by atoms with E-state index in [2.05, 4.69) is 27.7 Å². The van der Waals surface area contributed by atoms with Gasteiger partial charge in [-0.25, -0.2) is 9.59 Å². The first-order chi connectivity index (χ1) is 23.2. The Bertz CT molecular complexity index is 1680. The minimum Gasteiger partial charge on any atom is -0.481 e. The van der Waals surface area contributed by atoms with E-state index in [1.54, 1.807) is 6.92 Å². The first kappa shape index (κ1) is 36.4. The molecule has 276 valence electrons. The van der Waals surface area contributed by atoms with Gasteiger partial charge in [-0.05, 0) is 111 Å². The van der Waals surface area contributed by atoms with Crippen LogP contribution >= 0.6 is 0 Å². The van der Waals surface area contributed by atoms with Crippen LogP contribution in [0.4, 0.5) is 4.79 Å². The van der Waals surface area contributed by atoms with Gasteiger partial charge in [0.15, 0.2) is 23.9 Å². The van der Waals surface area contributed by atoms with Gasteiger partial charge in [0.2, 0.25) is 0 Å². The first-order valence-electron chi connectivity index (χ1n) is 18.2. The number of ketones is 1. The molecule has 0 saturated heterocycles. The van der Waals surface area contributed by atoms with E-state index in [4.69, 9.17) is 23.0 Å². The van der Waals surface area contributed by atoms with E-state index in [-0.39, 0.29) is 40.8 Å². The molecule has 10 atom stereocenters. The predicted molar refractivity (Wildman–Crippen MR) is 180 cm³/mol. The Hall–Kier alpha value is -3.37. The normalized spacial score (nSPS) is 42.3. The summed E-state index contributed by atoms with van der Waals surface area (Å²) in [6.45, 7) is 15.9. The molecule has 4 fully saturated rings. The number of methoxy groups -OCH3 is 1. The third-order valence-corrected chi connectivity index (χ3v) is 15.1. The number of allylic oxidation sites excluding steroid dienone is 2. The number of aliphatic carboxylic acids is 1. The third-order valence-electron chi connectivity index (χ3n) is 15.1. The molecule has 5 aliphatic carbocycles. The van der Waals surface area contributed by atoms with Crippen LogP contribution in [0.2, 0.25) is 0 Å². The van der Waals surface area contributed by atoms with E-state index in [0.29, 0.717) is 44.3 Å². The molecule has 1 heterocycles. The molecule has 11 heteroatoms. The van der Waals surface area contributed by atoms with E-state index in [0.717, 1.165) is 24.8 Å². The standard InChI is InChI=1S/C39H54O11/c1-21(2)28-25(48-33(45)50-28)20-47-31(43)39(8)26-10-13-38(7)29(36(26,5)12-11-27(39)49-32(44)46-9)24(40)18-22-23-19-35(4,30(41)42)15-14-34(23,3)16-17-37(22,38)6/h18,21,23,26-27,29H,10-17,19-20H2,1-9H3,(H,41,42)/t23-,26+,27-,29+,34+,35-,36-,37+,38+,39-/m0/s1. The molecule has 4 saturated carbocycles. The van der Waals surface area contributed by atoms with Crippen molar-refractivity contribution in [2.24, 2.45) is 50.2 Å². The van der Waals surface area contributed by atoms with E-state index >= 15 is 0 Å². The van der Waals surface area contributed by atoms with E-state index in [1.165, 1.54) is 7.11 Å². The fourth-order valence-electron chi connectivity index (χ4n) is 11.8. The number of esters is 1. The summed E-state index contributed by atoms with van der Waals surface area (Å²) in [7, 11) is 1.22. The topological polar surface area (TPSA) is 160 Å². The Morgan fingerprint density at radius 3 is 2.26 bits per heavy atom. The summed E-state index contributed by atoms with van der Waals surface area (Å²) in [6, 6.07) is 0. The second-order valence-corrected chi connectivity index (χ2v) is 17.9. The van der Waals surface area contributed by atoms with Gasteiger partial charge >= 0.3 is 23.9 Å². The lowest BCUT2D eigenvalue weighted by molar-refractivity contribution is -0.220. The van der Waals surface area contributed by atoms with Crippen molar-refractivity contribution in [2.45, 2.75) is 132 Å². The van der Waals surface area contributed by atoms with Gasteiger partial charge in [-0.3, -0.25) is 14.4 Å². The van der Waals surface area contributed by atoms with Crippen LogP contribution in [0.5, 0.6) is 0 Å². The number of hydrogen-bond donors (Lipinski definition) is 1. The van der Waals surface area contributed by atoms with Gasteiger partial charge < -0.3 is 28.2 Å². The van der Waals surface area contributed by atoms with Crippen molar-refractivity contribution in [1.29, 1.82) is 0 Å². The van der Waals surface area contributed by atoms with E-state index in [9.17, 15) is 29.1 Å². The summed E-state index contributed by atoms with van der Waals surface area (Å²) in [5.74, 6) is -2.83. The van der Waals surface area contributed by atoms with Crippen molar-refractivity contribution >= 4 is 23.9 Å². The van der Waals surface area contributed by atoms with E-state index < -0.39 is 63.5 Å². The highest BCUT2D eigenvalue weighted by atomic mass is 16.7. The van der Waals surface area contributed by atoms with Gasteiger partial charge in [-0.15, -0.1) is 0 Å². The first-order valence-corrected chi connectivity index (χ1v) is 18.2. The summed E-state index contributed by atoms with van der Waals surface area (Å²) in [6.07, 6.45) is 5.99.